The van der Waals surface area contributed by atoms with Crippen LogP contribution in [-0.4, -0.2) is 12.2 Å². The van der Waals surface area contributed by atoms with Crippen molar-refractivity contribution in [2.75, 3.05) is 7.11 Å². The molecule has 0 unspecified atom stereocenters. The van der Waals surface area contributed by atoms with Crippen molar-refractivity contribution in [1.82, 2.24) is 0 Å². The molecule has 0 aliphatic heterocycles. The van der Waals surface area contributed by atoms with Crippen LogP contribution >= 0.6 is 0 Å². The molecular weight excluding hydrogens is 240 g/mol. The smallest absolute Gasteiger partial charge is 0.169 e. The lowest BCUT2D eigenvalue weighted by molar-refractivity contribution is 0.199. The highest BCUT2D eigenvalue weighted by Gasteiger charge is 2.06. The Hall–Kier alpha value is -2.00. The minimum absolute atomic E-state index is 0.469. The van der Waals surface area contributed by atoms with E-state index in [4.69, 9.17) is 9.47 Å². The molecule has 2 aromatic rings. The van der Waals surface area contributed by atoms with Crippen LogP contribution in [0.3, 0.4) is 0 Å². The van der Waals surface area contributed by atoms with Gasteiger partial charge in [-0.15, -0.1) is 0 Å². The van der Waals surface area contributed by atoms with Crippen molar-refractivity contribution in [3.05, 3.63) is 53.6 Å². The van der Waals surface area contributed by atoms with Gasteiger partial charge >= 0.3 is 0 Å². The standard InChI is InChI=1S/C16H18O3/c1-11-4-9-15(16(10-11)18-3)19-14-7-5-13(6-8-14)12(2)17/h4-10,12,17H,1-3H3/t12-/m1/s1. The van der Waals surface area contributed by atoms with Gasteiger partial charge in [-0.05, 0) is 49.2 Å². The molecular formula is C16H18O3. The number of benzene rings is 2. The highest BCUT2D eigenvalue weighted by molar-refractivity contribution is 5.45. The predicted octanol–water partition coefficient (Wildman–Crippen LogP) is 3.85. The topological polar surface area (TPSA) is 38.7 Å². The first kappa shape index (κ1) is 13.4. The monoisotopic (exact) mass is 258 g/mol. The number of rotatable bonds is 4. The van der Waals surface area contributed by atoms with E-state index >= 15 is 0 Å². The fourth-order valence-electron chi connectivity index (χ4n) is 1.80. The number of aliphatic hydroxyl groups excluding tert-OH is 1. The first-order valence-corrected chi connectivity index (χ1v) is 6.20. The number of hydrogen-bond donors (Lipinski definition) is 1. The fraction of sp³-hybridized carbons (Fsp3) is 0.250. The Morgan fingerprint density at radius 1 is 1.00 bits per heavy atom. The van der Waals surface area contributed by atoms with Gasteiger partial charge in [0.1, 0.15) is 5.75 Å². The molecule has 0 heterocycles. The van der Waals surface area contributed by atoms with Gasteiger partial charge in [-0.1, -0.05) is 18.2 Å². The lowest BCUT2D eigenvalue weighted by atomic mass is 10.1. The third-order valence-corrected chi connectivity index (χ3v) is 2.91. The SMILES string of the molecule is COc1cc(C)ccc1Oc1ccc([C@@H](C)O)cc1. The van der Waals surface area contributed by atoms with E-state index in [9.17, 15) is 5.11 Å². The molecule has 0 bridgehead atoms. The van der Waals surface area contributed by atoms with E-state index in [0.717, 1.165) is 11.1 Å². The maximum Gasteiger partial charge on any atom is 0.169 e. The molecule has 100 valence electrons. The van der Waals surface area contributed by atoms with E-state index in [-0.39, 0.29) is 0 Å². The molecule has 0 fully saturated rings. The Labute approximate surface area is 113 Å². The van der Waals surface area contributed by atoms with Crippen LogP contribution in [0.25, 0.3) is 0 Å². The Balaban J connectivity index is 2.21. The highest BCUT2D eigenvalue weighted by atomic mass is 16.5. The van der Waals surface area contributed by atoms with E-state index in [0.29, 0.717) is 17.2 Å². The van der Waals surface area contributed by atoms with E-state index in [1.807, 2.05) is 49.4 Å². The third-order valence-electron chi connectivity index (χ3n) is 2.91. The predicted molar refractivity (Wildman–Crippen MR) is 74.9 cm³/mol. The third kappa shape index (κ3) is 3.26. The molecule has 0 amide bonds. The van der Waals surface area contributed by atoms with Crippen LogP contribution in [0.5, 0.6) is 17.2 Å². The molecule has 0 aliphatic rings. The van der Waals surface area contributed by atoms with Crippen LogP contribution in [0, 0.1) is 6.92 Å². The van der Waals surface area contributed by atoms with Crippen molar-refractivity contribution in [2.45, 2.75) is 20.0 Å². The molecule has 0 radical (unpaired) electrons. The first-order chi connectivity index (χ1) is 9.10. The molecule has 2 aromatic carbocycles. The zero-order valence-electron chi connectivity index (χ0n) is 11.4. The van der Waals surface area contributed by atoms with Gasteiger partial charge in [-0.3, -0.25) is 0 Å². The van der Waals surface area contributed by atoms with Crippen molar-refractivity contribution >= 4 is 0 Å². The molecule has 3 nitrogen and oxygen atoms in total. The van der Waals surface area contributed by atoms with Gasteiger partial charge in [0.2, 0.25) is 0 Å². The van der Waals surface area contributed by atoms with Gasteiger partial charge < -0.3 is 14.6 Å². The summed E-state index contributed by atoms with van der Waals surface area (Å²) in [7, 11) is 1.62. The van der Waals surface area contributed by atoms with Crippen molar-refractivity contribution in [3.63, 3.8) is 0 Å². The zero-order valence-corrected chi connectivity index (χ0v) is 11.4. The number of ether oxygens (including phenoxy) is 2. The Morgan fingerprint density at radius 2 is 1.68 bits per heavy atom. The summed E-state index contributed by atoms with van der Waals surface area (Å²) in [4.78, 5) is 0. The van der Waals surface area contributed by atoms with Crippen molar-refractivity contribution in [1.29, 1.82) is 0 Å². The maximum absolute atomic E-state index is 9.46. The van der Waals surface area contributed by atoms with Crippen LogP contribution < -0.4 is 9.47 Å². The molecule has 0 spiro atoms. The van der Waals surface area contributed by atoms with Crippen LogP contribution in [0.1, 0.15) is 24.2 Å². The van der Waals surface area contributed by atoms with Gasteiger partial charge in [0.05, 0.1) is 13.2 Å². The normalized spacial score (nSPS) is 12.0. The Bertz CT molecular complexity index is 544. The molecule has 3 heteroatoms. The maximum atomic E-state index is 9.46. The largest absolute Gasteiger partial charge is 0.493 e. The number of hydrogen-bond acceptors (Lipinski definition) is 3. The summed E-state index contributed by atoms with van der Waals surface area (Å²) >= 11 is 0. The molecule has 0 aliphatic carbocycles. The molecule has 0 saturated carbocycles. The van der Waals surface area contributed by atoms with E-state index in [2.05, 4.69) is 0 Å². The fourth-order valence-corrected chi connectivity index (χ4v) is 1.80. The number of aliphatic hydroxyl groups is 1. The lowest BCUT2D eigenvalue weighted by Gasteiger charge is -2.12. The first-order valence-electron chi connectivity index (χ1n) is 6.20. The quantitative estimate of drug-likeness (QED) is 0.905. The summed E-state index contributed by atoms with van der Waals surface area (Å²) in [5.41, 5.74) is 1.98. The molecule has 0 aromatic heterocycles. The summed E-state index contributed by atoms with van der Waals surface area (Å²) in [6, 6.07) is 13.2. The van der Waals surface area contributed by atoms with Crippen LogP contribution in [0.2, 0.25) is 0 Å². The van der Waals surface area contributed by atoms with Gasteiger partial charge in [-0.25, -0.2) is 0 Å². The van der Waals surface area contributed by atoms with Crippen LogP contribution in [-0.2, 0) is 0 Å². The summed E-state index contributed by atoms with van der Waals surface area (Å²) in [6.07, 6.45) is -0.469. The van der Waals surface area contributed by atoms with E-state index in [1.165, 1.54) is 0 Å². The second kappa shape index (κ2) is 5.76. The summed E-state index contributed by atoms with van der Waals surface area (Å²) < 4.78 is 11.1. The van der Waals surface area contributed by atoms with E-state index < -0.39 is 6.10 Å². The van der Waals surface area contributed by atoms with Crippen LogP contribution in [0.15, 0.2) is 42.5 Å². The Kier molecular flexibility index (Phi) is 4.07. The van der Waals surface area contributed by atoms with Crippen LogP contribution in [0.4, 0.5) is 0 Å². The lowest BCUT2D eigenvalue weighted by Crippen LogP contribution is -1.93. The van der Waals surface area contributed by atoms with Gasteiger partial charge in [-0.2, -0.15) is 0 Å². The number of methoxy groups -OCH3 is 1. The molecule has 1 N–H and O–H groups in total. The second-order valence-electron chi connectivity index (χ2n) is 4.50. The summed E-state index contributed by atoms with van der Waals surface area (Å²) in [6.45, 7) is 3.74. The average Bonchev–Trinajstić information content (AvgIpc) is 2.41. The van der Waals surface area contributed by atoms with E-state index in [1.54, 1.807) is 14.0 Å². The van der Waals surface area contributed by atoms with Crippen molar-refractivity contribution in [2.24, 2.45) is 0 Å². The molecule has 19 heavy (non-hydrogen) atoms. The van der Waals surface area contributed by atoms with Crippen molar-refractivity contribution in [3.8, 4) is 17.2 Å². The zero-order chi connectivity index (χ0) is 13.8. The average molecular weight is 258 g/mol. The van der Waals surface area contributed by atoms with Gasteiger partial charge in [0.15, 0.2) is 11.5 Å². The minimum Gasteiger partial charge on any atom is -0.493 e. The van der Waals surface area contributed by atoms with Gasteiger partial charge in [0.25, 0.3) is 0 Å². The second-order valence-corrected chi connectivity index (χ2v) is 4.50. The summed E-state index contributed by atoms with van der Waals surface area (Å²) in [5.74, 6) is 2.10. The molecule has 1 atom stereocenters. The summed E-state index contributed by atoms with van der Waals surface area (Å²) in [5, 5.41) is 9.46. The minimum atomic E-state index is -0.469. The van der Waals surface area contributed by atoms with Gasteiger partial charge in [0, 0.05) is 0 Å². The number of aryl methyl sites for hydroxylation is 1. The molecule has 2 rings (SSSR count). The highest BCUT2D eigenvalue weighted by Crippen LogP contribution is 2.32. The Morgan fingerprint density at radius 3 is 2.26 bits per heavy atom. The van der Waals surface area contributed by atoms with Crippen molar-refractivity contribution < 1.29 is 14.6 Å². The molecule has 0 saturated heterocycles.